The first kappa shape index (κ1) is 36.3. The van der Waals surface area contributed by atoms with E-state index < -0.39 is 7.82 Å². The van der Waals surface area contributed by atoms with Crippen molar-refractivity contribution in [3.63, 3.8) is 0 Å². The first-order chi connectivity index (χ1) is 17.8. The molecule has 2 unspecified atom stereocenters. The van der Waals surface area contributed by atoms with Crippen LogP contribution in [0.15, 0.2) is 18.7 Å². The molecule has 1 aromatic rings. The van der Waals surface area contributed by atoms with Crippen LogP contribution < -0.4 is 9.46 Å². The predicted octanol–water partition coefficient (Wildman–Crippen LogP) is 8.37. The summed E-state index contributed by atoms with van der Waals surface area (Å²) in [6.07, 6.45) is 26.0. The van der Waals surface area contributed by atoms with Crippen molar-refractivity contribution in [3.05, 3.63) is 18.7 Å². The lowest BCUT2D eigenvalue weighted by Crippen LogP contribution is -2.30. The van der Waals surface area contributed by atoms with Crippen molar-refractivity contribution in [2.75, 3.05) is 13.2 Å². The van der Waals surface area contributed by atoms with E-state index in [1.807, 2.05) is 0 Å². The van der Waals surface area contributed by atoms with E-state index in [2.05, 4.69) is 69.5 Å². The Morgan fingerprint density at radius 1 is 0.757 bits per heavy atom. The Labute approximate surface area is 230 Å². The highest BCUT2D eigenvalue weighted by atomic mass is 31.2. The number of imidazole rings is 1. The van der Waals surface area contributed by atoms with Crippen LogP contribution in [0.2, 0.25) is 0 Å². The second-order valence-electron chi connectivity index (χ2n) is 10.7. The summed E-state index contributed by atoms with van der Waals surface area (Å²) in [5.41, 5.74) is 0. The van der Waals surface area contributed by atoms with Crippen LogP contribution in [0.25, 0.3) is 0 Å². The fourth-order valence-corrected chi connectivity index (χ4v) is 5.15. The largest absolute Gasteiger partial charge is 0.756 e. The van der Waals surface area contributed by atoms with E-state index in [0.29, 0.717) is 11.8 Å². The Balaban J connectivity index is 0.000000724. The first-order valence-corrected chi connectivity index (χ1v) is 16.9. The lowest BCUT2D eigenvalue weighted by Gasteiger charge is -2.27. The van der Waals surface area contributed by atoms with Crippen molar-refractivity contribution in [1.82, 2.24) is 4.57 Å². The van der Waals surface area contributed by atoms with Crippen molar-refractivity contribution >= 4 is 7.82 Å². The highest BCUT2D eigenvalue weighted by molar-refractivity contribution is 7.45. The van der Waals surface area contributed by atoms with Gasteiger partial charge in [-0.2, -0.15) is 0 Å². The zero-order valence-electron chi connectivity index (χ0n) is 25.3. The van der Waals surface area contributed by atoms with Gasteiger partial charge in [-0.05, 0) is 37.5 Å². The van der Waals surface area contributed by atoms with Gasteiger partial charge in [0.15, 0.2) is 0 Å². The Morgan fingerprint density at radius 3 is 1.62 bits per heavy atom. The molecule has 0 N–H and O–H groups in total. The molecule has 1 rings (SSSR count). The Kier molecular flexibility index (Phi) is 23.9. The standard InChI is InChI=1S/C16H35O4P.C14H27N2/c1-5-9-11-15(7-3)13-19-21(17,18)20-14-16(8-4)12-10-6-2;1-3-4-5-6-7-8-9-10-11-16-13-12-15(2)14-16/h15-16H,5-14H2,1-4H3,(H,17,18);12-14H,3-11H2,1-2H3/q;+1/p-1. The minimum absolute atomic E-state index is 0.253. The minimum Gasteiger partial charge on any atom is -0.756 e. The highest BCUT2D eigenvalue weighted by Crippen LogP contribution is 2.40. The van der Waals surface area contributed by atoms with Crippen molar-refractivity contribution in [2.45, 2.75) is 144 Å². The molecule has 1 aromatic heterocycles. The summed E-state index contributed by atoms with van der Waals surface area (Å²) in [4.78, 5) is 11.8. The van der Waals surface area contributed by atoms with Gasteiger partial charge < -0.3 is 13.9 Å². The number of hydrogen-bond donors (Lipinski definition) is 0. The van der Waals surface area contributed by atoms with Crippen LogP contribution in [0.3, 0.4) is 0 Å². The van der Waals surface area contributed by atoms with Crippen LogP contribution >= 0.6 is 7.82 Å². The number of aryl methyl sites for hydroxylation is 2. The molecule has 0 saturated heterocycles. The number of aromatic nitrogens is 2. The zero-order chi connectivity index (χ0) is 27.8. The average Bonchev–Trinajstić information content (AvgIpc) is 3.31. The van der Waals surface area contributed by atoms with Gasteiger partial charge in [0.2, 0.25) is 6.33 Å². The molecule has 1 heterocycles. The van der Waals surface area contributed by atoms with Crippen LogP contribution in [0.1, 0.15) is 137 Å². The third-order valence-corrected chi connectivity index (χ3v) is 8.05. The lowest BCUT2D eigenvalue weighted by atomic mass is 10.0. The highest BCUT2D eigenvalue weighted by Gasteiger charge is 2.16. The van der Waals surface area contributed by atoms with Gasteiger partial charge in [-0.15, -0.1) is 0 Å². The van der Waals surface area contributed by atoms with Gasteiger partial charge in [-0.25, -0.2) is 9.13 Å². The molecule has 0 saturated carbocycles. The first-order valence-electron chi connectivity index (χ1n) is 15.4. The summed E-state index contributed by atoms with van der Waals surface area (Å²) in [5, 5.41) is 0. The maximum atomic E-state index is 11.8. The van der Waals surface area contributed by atoms with Crippen LogP contribution in [-0.4, -0.2) is 17.8 Å². The summed E-state index contributed by atoms with van der Waals surface area (Å²) in [5.74, 6) is 0.607. The molecule has 0 aromatic carbocycles. The maximum Gasteiger partial charge on any atom is 0.267 e. The fourth-order valence-electron chi connectivity index (χ4n) is 4.29. The molecular formula is C30H61N2O4P. The molecule has 7 heteroatoms. The second-order valence-corrected chi connectivity index (χ2v) is 12.1. The molecule has 0 amide bonds. The summed E-state index contributed by atoms with van der Waals surface area (Å²) in [7, 11) is -2.07. The summed E-state index contributed by atoms with van der Waals surface area (Å²) < 4.78 is 26.3. The van der Waals surface area contributed by atoms with E-state index in [-0.39, 0.29) is 13.2 Å². The molecular weight excluding hydrogens is 483 g/mol. The molecule has 0 fully saturated rings. The number of phosphoric ester groups is 1. The van der Waals surface area contributed by atoms with Gasteiger partial charge in [0.05, 0.1) is 26.8 Å². The molecule has 37 heavy (non-hydrogen) atoms. The summed E-state index contributed by atoms with van der Waals surface area (Å²) in [6, 6.07) is 0. The van der Waals surface area contributed by atoms with Gasteiger partial charge >= 0.3 is 0 Å². The summed E-state index contributed by atoms with van der Waals surface area (Å²) >= 11 is 0. The topological polar surface area (TPSA) is 67.4 Å². The number of rotatable bonds is 23. The average molecular weight is 545 g/mol. The monoisotopic (exact) mass is 544 g/mol. The molecule has 0 bridgehead atoms. The molecule has 0 aliphatic carbocycles. The Hall–Kier alpha value is -0.680. The minimum atomic E-state index is -4.14. The second kappa shape index (κ2) is 24.4. The van der Waals surface area contributed by atoms with Crippen molar-refractivity contribution < 1.29 is 23.1 Å². The fraction of sp³-hybridized carbons (Fsp3) is 0.900. The molecule has 0 radical (unpaired) electrons. The predicted molar refractivity (Wildman–Crippen MR) is 154 cm³/mol. The molecule has 0 aliphatic heterocycles. The van der Waals surface area contributed by atoms with E-state index in [4.69, 9.17) is 9.05 Å². The van der Waals surface area contributed by atoms with E-state index in [9.17, 15) is 9.46 Å². The van der Waals surface area contributed by atoms with Crippen LogP contribution in [0, 0.1) is 11.8 Å². The van der Waals surface area contributed by atoms with E-state index in [1.165, 1.54) is 57.9 Å². The molecule has 0 aliphatic rings. The number of unbranched alkanes of at least 4 members (excludes halogenated alkanes) is 9. The SMILES string of the molecule is CCCCC(CC)COP(=O)([O-])OCC(CC)CCCC.CCCCCCCCCC[n+]1ccn(C)c1. The van der Waals surface area contributed by atoms with Gasteiger partial charge in [-0.3, -0.25) is 4.57 Å². The molecule has 6 nitrogen and oxygen atoms in total. The number of phosphoric acid groups is 1. The molecule has 0 spiro atoms. The lowest BCUT2D eigenvalue weighted by molar-refractivity contribution is -0.696. The van der Waals surface area contributed by atoms with Crippen molar-refractivity contribution in [1.29, 1.82) is 0 Å². The molecule has 2 atom stereocenters. The normalized spacial score (nSPS) is 14.6. The van der Waals surface area contributed by atoms with Gasteiger partial charge in [-0.1, -0.05) is 112 Å². The van der Waals surface area contributed by atoms with E-state index >= 15 is 0 Å². The van der Waals surface area contributed by atoms with E-state index in [0.717, 1.165) is 51.4 Å². The smallest absolute Gasteiger partial charge is 0.267 e. The van der Waals surface area contributed by atoms with E-state index in [1.54, 1.807) is 0 Å². The van der Waals surface area contributed by atoms with Crippen molar-refractivity contribution in [2.24, 2.45) is 18.9 Å². The van der Waals surface area contributed by atoms with Gasteiger partial charge in [0.1, 0.15) is 12.4 Å². The van der Waals surface area contributed by atoms with Crippen molar-refractivity contribution in [3.8, 4) is 0 Å². The molecule has 220 valence electrons. The Morgan fingerprint density at radius 2 is 1.22 bits per heavy atom. The van der Waals surface area contributed by atoms with Crippen LogP contribution in [-0.2, 0) is 27.2 Å². The third-order valence-electron chi connectivity index (χ3n) is 7.12. The quantitative estimate of drug-likeness (QED) is 0.0788. The third kappa shape index (κ3) is 21.9. The zero-order valence-corrected chi connectivity index (χ0v) is 26.2. The van der Waals surface area contributed by atoms with Gasteiger partial charge in [0, 0.05) is 0 Å². The maximum absolute atomic E-state index is 11.8. The number of nitrogens with zero attached hydrogens (tertiary/aromatic N) is 2. The van der Waals surface area contributed by atoms with Crippen LogP contribution in [0.5, 0.6) is 0 Å². The Bertz CT molecular complexity index is 644. The van der Waals surface area contributed by atoms with Crippen LogP contribution in [0.4, 0.5) is 0 Å². The summed E-state index contributed by atoms with van der Waals surface area (Å²) in [6.45, 7) is 12.4. The van der Waals surface area contributed by atoms with Gasteiger partial charge in [0.25, 0.3) is 7.82 Å². The number of hydrogen-bond acceptors (Lipinski definition) is 4.